The predicted molar refractivity (Wildman–Crippen MR) is 92.9 cm³/mol. The van der Waals surface area contributed by atoms with E-state index in [-0.39, 0.29) is 12.1 Å². The minimum Gasteiger partial charge on any atom is -0.496 e. The van der Waals surface area contributed by atoms with Gasteiger partial charge in [0.15, 0.2) is 5.82 Å². The first-order valence-corrected chi connectivity index (χ1v) is 8.16. The summed E-state index contributed by atoms with van der Waals surface area (Å²) in [6.07, 6.45) is 5.38. The Labute approximate surface area is 142 Å². The fourth-order valence-corrected chi connectivity index (χ4v) is 3.13. The molecule has 24 heavy (non-hydrogen) atoms. The van der Waals surface area contributed by atoms with Gasteiger partial charge in [-0.2, -0.15) is 5.10 Å². The van der Waals surface area contributed by atoms with E-state index in [0.717, 1.165) is 42.5 Å². The molecule has 0 unspecified atom stereocenters. The molecule has 2 atom stereocenters. The first-order chi connectivity index (χ1) is 11.7. The maximum Gasteiger partial charge on any atom is 0.167 e. The lowest BCUT2D eigenvalue weighted by atomic mass is 10.1. The van der Waals surface area contributed by atoms with E-state index in [0.29, 0.717) is 0 Å². The SMILES string of the molecule is COc1ccccc1/C=C/CN1C[C@H](OC)C[C@H]1c1n[nH]c(C)n1. The molecule has 6 heteroatoms. The van der Waals surface area contributed by atoms with Crippen molar-refractivity contribution in [3.63, 3.8) is 0 Å². The van der Waals surface area contributed by atoms with Crippen LogP contribution >= 0.6 is 0 Å². The number of hydrogen-bond donors (Lipinski definition) is 1. The number of aryl methyl sites for hydroxylation is 1. The second kappa shape index (κ2) is 7.59. The van der Waals surface area contributed by atoms with Crippen LogP contribution in [0.15, 0.2) is 30.3 Å². The average Bonchev–Trinajstić information content (AvgIpc) is 3.21. The van der Waals surface area contributed by atoms with Crippen molar-refractivity contribution in [1.82, 2.24) is 20.1 Å². The Morgan fingerprint density at radius 1 is 1.33 bits per heavy atom. The van der Waals surface area contributed by atoms with E-state index >= 15 is 0 Å². The molecule has 0 spiro atoms. The maximum absolute atomic E-state index is 5.55. The summed E-state index contributed by atoms with van der Waals surface area (Å²) in [6, 6.07) is 8.19. The van der Waals surface area contributed by atoms with Crippen molar-refractivity contribution in [2.45, 2.75) is 25.5 Å². The number of hydrogen-bond acceptors (Lipinski definition) is 5. The van der Waals surface area contributed by atoms with Crippen molar-refractivity contribution >= 4 is 6.08 Å². The molecule has 0 aliphatic carbocycles. The molecule has 6 nitrogen and oxygen atoms in total. The van der Waals surface area contributed by atoms with E-state index in [1.54, 1.807) is 14.2 Å². The first kappa shape index (κ1) is 16.7. The van der Waals surface area contributed by atoms with Crippen LogP contribution in [0, 0.1) is 6.92 Å². The highest BCUT2D eigenvalue weighted by molar-refractivity contribution is 5.57. The second-order valence-electron chi connectivity index (χ2n) is 5.99. The van der Waals surface area contributed by atoms with Gasteiger partial charge in [-0.3, -0.25) is 10.00 Å². The van der Waals surface area contributed by atoms with Gasteiger partial charge in [-0.05, 0) is 19.4 Å². The van der Waals surface area contributed by atoms with Gasteiger partial charge in [0.25, 0.3) is 0 Å². The molecule has 2 heterocycles. The van der Waals surface area contributed by atoms with Crippen molar-refractivity contribution < 1.29 is 9.47 Å². The monoisotopic (exact) mass is 328 g/mol. The Morgan fingerprint density at radius 3 is 2.88 bits per heavy atom. The summed E-state index contributed by atoms with van der Waals surface area (Å²) in [5.74, 6) is 2.57. The van der Waals surface area contributed by atoms with Crippen LogP contribution in [-0.4, -0.2) is 53.5 Å². The molecule has 1 aromatic carbocycles. The Morgan fingerprint density at radius 2 is 2.17 bits per heavy atom. The minimum atomic E-state index is 0.183. The summed E-state index contributed by atoms with van der Waals surface area (Å²) in [5.41, 5.74) is 1.08. The van der Waals surface area contributed by atoms with Crippen molar-refractivity contribution in [2.24, 2.45) is 0 Å². The zero-order valence-electron chi connectivity index (χ0n) is 14.4. The standard InChI is InChI=1S/C18H24N4O2/c1-13-19-18(21-20-13)16-11-15(23-2)12-22(16)10-6-8-14-7-4-5-9-17(14)24-3/h4-9,15-16H,10-12H2,1-3H3,(H,19,20,21)/b8-6+/t15-,16+/m1/s1. The molecule has 0 saturated carbocycles. The molecular formula is C18H24N4O2. The predicted octanol–water partition coefficient (Wildman–Crippen LogP) is 2.60. The van der Waals surface area contributed by atoms with Crippen LogP contribution in [0.1, 0.15) is 29.7 Å². The van der Waals surface area contributed by atoms with E-state index in [1.165, 1.54) is 0 Å². The fourth-order valence-electron chi connectivity index (χ4n) is 3.13. The summed E-state index contributed by atoms with van der Waals surface area (Å²) in [7, 11) is 3.46. The van der Waals surface area contributed by atoms with Gasteiger partial charge in [0.05, 0.1) is 19.3 Å². The summed E-state index contributed by atoms with van der Waals surface area (Å²) in [4.78, 5) is 6.85. The first-order valence-electron chi connectivity index (χ1n) is 8.16. The third-order valence-electron chi connectivity index (χ3n) is 4.39. The molecule has 1 aliphatic heterocycles. The third kappa shape index (κ3) is 3.66. The average molecular weight is 328 g/mol. The molecule has 0 amide bonds. The lowest BCUT2D eigenvalue weighted by molar-refractivity contribution is 0.109. The zero-order chi connectivity index (χ0) is 16.9. The number of nitrogens with zero attached hydrogens (tertiary/aromatic N) is 3. The fraction of sp³-hybridized carbons (Fsp3) is 0.444. The Balaban J connectivity index is 1.71. The quantitative estimate of drug-likeness (QED) is 0.883. The summed E-state index contributed by atoms with van der Waals surface area (Å²) >= 11 is 0. The number of methoxy groups -OCH3 is 2. The molecule has 1 aromatic heterocycles. The lowest BCUT2D eigenvalue weighted by Crippen LogP contribution is -2.25. The zero-order valence-corrected chi connectivity index (χ0v) is 14.4. The van der Waals surface area contributed by atoms with Crippen LogP contribution in [0.3, 0.4) is 0 Å². The number of para-hydroxylation sites is 1. The smallest absolute Gasteiger partial charge is 0.167 e. The number of aromatic nitrogens is 3. The Kier molecular flexibility index (Phi) is 5.27. The van der Waals surface area contributed by atoms with E-state index in [2.05, 4.69) is 32.2 Å². The van der Waals surface area contributed by atoms with Gasteiger partial charge in [0, 0.05) is 25.8 Å². The minimum absolute atomic E-state index is 0.183. The van der Waals surface area contributed by atoms with Crippen LogP contribution in [0.2, 0.25) is 0 Å². The van der Waals surface area contributed by atoms with Crippen LogP contribution in [0.5, 0.6) is 5.75 Å². The molecule has 0 radical (unpaired) electrons. The Bertz CT molecular complexity index is 698. The molecule has 1 aliphatic rings. The van der Waals surface area contributed by atoms with Crippen LogP contribution in [-0.2, 0) is 4.74 Å². The number of aromatic amines is 1. The molecular weight excluding hydrogens is 304 g/mol. The second-order valence-corrected chi connectivity index (χ2v) is 5.99. The summed E-state index contributed by atoms with van der Waals surface area (Å²) < 4.78 is 10.9. The number of rotatable bonds is 6. The summed E-state index contributed by atoms with van der Waals surface area (Å²) in [6.45, 7) is 3.62. The van der Waals surface area contributed by atoms with Gasteiger partial charge in [-0.1, -0.05) is 30.4 Å². The molecule has 0 bridgehead atoms. The number of ether oxygens (including phenoxy) is 2. The van der Waals surface area contributed by atoms with Gasteiger partial charge >= 0.3 is 0 Å². The van der Waals surface area contributed by atoms with E-state index < -0.39 is 0 Å². The number of likely N-dealkylation sites (tertiary alicyclic amines) is 1. The highest BCUT2D eigenvalue weighted by Crippen LogP contribution is 2.31. The van der Waals surface area contributed by atoms with Gasteiger partial charge in [0.2, 0.25) is 0 Å². The van der Waals surface area contributed by atoms with E-state index in [9.17, 15) is 0 Å². The lowest BCUT2D eigenvalue weighted by Gasteiger charge is -2.19. The largest absolute Gasteiger partial charge is 0.496 e. The van der Waals surface area contributed by atoms with Crippen molar-refractivity contribution in [3.8, 4) is 5.75 Å². The molecule has 1 fully saturated rings. The summed E-state index contributed by atoms with van der Waals surface area (Å²) in [5, 5.41) is 7.27. The molecule has 1 saturated heterocycles. The number of benzene rings is 1. The van der Waals surface area contributed by atoms with Crippen LogP contribution in [0.25, 0.3) is 6.08 Å². The van der Waals surface area contributed by atoms with Crippen molar-refractivity contribution in [2.75, 3.05) is 27.3 Å². The highest BCUT2D eigenvalue weighted by atomic mass is 16.5. The maximum atomic E-state index is 5.55. The van der Waals surface area contributed by atoms with E-state index in [1.807, 2.05) is 31.2 Å². The topological polar surface area (TPSA) is 63.3 Å². The molecule has 1 N–H and O–H groups in total. The number of H-pyrrole nitrogens is 1. The van der Waals surface area contributed by atoms with Crippen molar-refractivity contribution in [1.29, 1.82) is 0 Å². The van der Waals surface area contributed by atoms with Crippen LogP contribution in [0.4, 0.5) is 0 Å². The molecule has 128 valence electrons. The molecule has 3 rings (SSSR count). The van der Waals surface area contributed by atoms with Gasteiger partial charge in [-0.25, -0.2) is 4.98 Å². The van der Waals surface area contributed by atoms with Gasteiger partial charge in [0.1, 0.15) is 11.6 Å². The number of nitrogens with one attached hydrogen (secondary N) is 1. The Hall–Kier alpha value is -2.18. The van der Waals surface area contributed by atoms with E-state index in [4.69, 9.17) is 9.47 Å². The van der Waals surface area contributed by atoms with Gasteiger partial charge in [-0.15, -0.1) is 0 Å². The third-order valence-corrected chi connectivity index (χ3v) is 4.39. The molecule has 2 aromatic rings. The highest BCUT2D eigenvalue weighted by Gasteiger charge is 2.34. The van der Waals surface area contributed by atoms with Crippen LogP contribution < -0.4 is 4.74 Å². The van der Waals surface area contributed by atoms with Gasteiger partial charge < -0.3 is 9.47 Å². The normalized spacial score (nSPS) is 21.6. The van der Waals surface area contributed by atoms with Crippen molar-refractivity contribution in [3.05, 3.63) is 47.6 Å².